The van der Waals surface area contributed by atoms with E-state index in [1.165, 1.54) is 0 Å². The van der Waals surface area contributed by atoms with Crippen molar-refractivity contribution in [1.82, 2.24) is 0 Å². The van der Waals surface area contributed by atoms with Gasteiger partial charge in [-0.05, 0) is 48.7 Å². The number of hydrogen-bond acceptors (Lipinski definition) is 3. The Morgan fingerprint density at radius 2 is 1.88 bits per heavy atom. The molecule has 1 N–H and O–H groups in total. The number of carbonyl (C=O) groups is 1. The van der Waals surface area contributed by atoms with E-state index in [4.69, 9.17) is 4.74 Å². The normalized spacial score (nSPS) is 15.5. The average Bonchev–Trinajstić information content (AvgIpc) is 3.12. The third-order valence-electron chi connectivity index (χ3n) is 4.70. The van der Waals surface area contributed by atoms with E-state index < -0.39 is 0 Å². The molecule has 3 rings (SSSR count). The Morgan fingerprint density at radius 3 is 2.50 bits per heavy atom. The lowest BCUT2D eigenvalue weighted by Gasteiger charge is -2.21. The summed E-state index contributed by atoms with van der Waals surface area (Å²) >= 11 is 0. The highest BCUT2D eigenvalue weighted by atomic mass is 16.5. The van der Waals surface area contributed by atoms with Crippen LogP contribution in [0, 0.1) is 11.3 Å². The minimum Gasteiger partial charge on any atom is -0.497 e. The molecule has 0 bridgehead atoms. The Bertz CT molecular complexity index is 769. The highest BCUT2D eigenvalue weighted by molar-refractivity contribution is 6.04. The fraction of sp³-hybridized carbons (Fsp3) is 0.300. The predicted molar refractivity (Wildman–Crippen MR) is 93.1 cm³/mol. The first-order valence-electron chi connectivity index (χ1n) is 8.14. The molecule has 0 aliphatic heterocycles. The number of amides is 1. The van der Waals surface area contributed by atoms with E-state index >= 15 is 0 Å². The van der Waals surface area contributed by atoms with Crippen LogP contribution in [0.15, 0.2) is 48.5 Å². The Labute approximate surface area is 142 Å². The van der Waals surface area contributed by atoms with Gasteiger partial charge in [-0.15, -0.1) is 0 Å². The highest BCUT2D eigenvalue weighted by Gasteiger charge is 2.35. The van der Waals surface area contributed by atoms with Crippen LogP contribution < -0.4 is 10.1 Å². The molecular weight excluding hydrogens is 300 g/mol. The molecule has 0 spiro atoms. The van der Waals surface area contributed by atoms with Gasteiger partial charge in [0.25, 0.3) is 5.91 Å². The van der Waals surface area contributed by atoms with E-state index in [1.54, 1.807) is 31.4 Å². The lowest BCUT2D eigenvalue weighted by molar-refractivity contribution is 0.102. The van der Waals surface area contributed by atoms with Gasteiger partial charge in [0, 0.05) is 11.3 Å². The topological polar surface area (TPSA) is 62.1 Å². The van der Waals surface area contributed by atoms with Crippen LogP contribution in [0.5, 0.6) is 5.75 Å². The Kier molecular flexibility index (Phi) is 4.52. The largest absolute Gasteiger partial charge is 0.497 e. The maximum atomic E-state index is 12.3. The number of methoxy groups -OCH3 is 1. The molecule has 2 aromatic carbocycles. The third-order valence-corrected chi connectivity index (χ3v) is 4.70. The molecule has 1 aliphatic carbocycles. The maximum Gasteiger partial charge on any atom is 0.255 e. The number of nitrogens with one attached hydrogen (secondary N) is 1. The Balaban J connectivity index is 1.74. The molecule has 4 heteroatoms. The van der Waals surface area contributed by atoms with Crippen molar-refractivity contribution in [2.24, 2.45) is 0 Å². The minimum absolute atomic E-state index is 0.183. The summed E-state index contributed by atoms with van der Waals surface area (Å²) in [7, 11) is 1.57. The molecule has 24 heavy (non-hydrogen) atoms. The third kappa shape index (κ3) is 3.11. The zero-order chi connectivity index (χ0) is 17.0. The zero-order valence-electron chi connectivity index (χ0n) is 13.7. The highest BCUT2D eigenvalue weighted by Crippen LogP contribution is 2.40. The quantitative estimate of drug-likeness (QED) is 0.914. The number of ether oxygens (including phenoxy) is 1. The van der Waals surface area contributed by atoms with Gasteiger partial charge in [-0.1, -0.05) is 31.0 Å². The van der Waals surface area contributed by atoms with Crippen LogP contribution in [-0.4, -0.2) is 13.0 Å². The van der Waals surface area contributed by atoms with Gasteiger partial charge in [0.1, 0.15) is 5.75 Å². The van der Waals surface area contributed by atoms with Crippen LogP contribution in [0.2, 0.25) is 0 Å². The number of carbonyl (C=O) groups excluding carboxylic acids is 1. The summed E-state index contributed by atoms with van der Waals surface area (Å²) < 4.78 is 5.14. The van der Waals surface area contributed by atoms with Gasteiger partial charge in [0.05, 0.1) is 18.6 Å². The predicted octanol–water partition coefficient (Wildman–Crippen LogP) is 4.28. The van der Waals surface area contributed by atoms with Gasteiger partial charge in [-0.3, -0.25) is 4.79 Å². The van der Waals surface area contributed by atoms with Crippen LogP contribution in [0.1, 0.15) is 41.6 Å². The number of benzene rings is 2. The molecule has 0 heterocycles. The first-order valence-corrected chi connectivity index (χ1v) is 8.14. The SMILES string of the molecule is COc1cccc(C(=O)Nc2ccc(C3(C#N)CCCC3)cc2)c1. The molecular formula is C20H20N2O2. The summed E-state index contributed by atoms with van der Waals surface area (Å²) in [6.45, 7) is 0. The van der Waals surface area contributed by atoms with E-state index in [1.807, 2.05) is 24.3 Å². The summed E-state index contributed by atoms with van der Waals surface area (Å²) in [5, 5.41) is 12.4. The first kappa shape index (κ1) is 16.1. The fourth-order valence-corrected chi connectivity index (χ4v) is 3.28. The standard InChI is InChI=1S/C20H20N2O2/c1-24-18-6-4-5-15(13-18)19(23)22-17-9-7-16(8-10-17)20(14-21)11-2-3-12-20/h4-10,13H,2-3,11-12H2,1H3,(H,22,23). The molecule has 1 amide bonds. The van der Waals surface area contributed by atoms with Gasteiger partial charge < -0.3 is 10.1 Å². The molecule has 1 saturated carbocycles. The minimum atomic E-state index is -0.352. The van der Waals surface area contributed by atoms with Crippen molar-refractivity contribution in [3.05, 3.63) is 59.7 Å². The molecule has 0 aromatic heterocycles. The van der Waals surface area contributed by atoms with Gasteiger partial charge >= 0.3 is 0 Å². The number of anilines is 1. The van der Waals surface area contributed by atoms with Crippen molar-refractivity contribution < 1.29 is 9.53 Å². The molecule has 1 fully saturated rings. The van der Waals surface area contributed by atoms with Crippen molar-refractivity contribution >= 4 is 11.6 Å². The molecule has 4 nitrogen and oxygen atoms in total. The molecule has 122 valence electrons. The van der Waals surface area contributed by atoms with E-state index in [0.717, 1.165) is 36.9 Å². The Morgan fingerprint density at radius 1 is 1.17 bits per heavy atom. The number of nitriles is 1. The van der Waals surface area contributed by atoms with Crippen molar-refractivity contribution in [2.45, 2.75) is 31.1 Å². The second-order valence-electron chi connectivity index (χ2n) is 6.16. The van der Waals surface area contributed by atoms with Crippen molar-refractivity contribution in [3.63, 3.8) is 0 Å². The zero-order valence-corrected chi connectivity index (χ0v) is 13.7. The lowest BCUT2D eigenvalue weighted by atomic mass is 9.80. The second-order valence-corrected chi connectivity index (χ2v) is 6.16. The monoisotopic (exact) mass is 320 g/mol. The summed E-state index contributed by atoms with van der Waals surface area (Å²) in [5.74, 6) is 0.465. The molecule has 2 aromatic rings. The van der Waals surface area contributed by atoms with E-state index in [2.05, 4.69) is 11.4 Å². The van der Waals surface area contributed by atoms with E-state index in [-0.39, 0.29) is 11.3 Å². The van der Waals surface area contributed by atoms with Gasteiger partial charge in [-0.2, -0.15) is 5.26 Å². The van der Waals surface area contributed by atoms with Crippen molar-refractivity contribution in [3.8, 4) is 11.8 Å². The van der Waals surface area contributed by atoms with Crippen LogP contribution in [-0.2, 0) is 5.41 Å². The summed E-state index contributed by atoms with van der Waals surface area (Å²) in [6.07, 6.45) is 4.03. The maximum absolute atomic E-state index is 12.3. The number of nitrogens with zero attached hydrogens (tertiary/aromatic N) is 1. The second kappa shape index (κ2) is 6.76. The van der Waals surface area contributed by atoms with Crippen LogP contribution in [0.4, 0.5) is 5.69 Å². The van der Waals surface area contributed by atoms with Gasteiger partial charge in [-0.25, -0.2) is 0 Å². The summed E-state index contributed by atoms with van der Waals surface area (Å²) in [6, 6.07) is 17.2. The summed E-state index contributed by atoms with van der Waals surface area (Å²) in [5.41, 5.74) is 1.96. The van der Waals surface area contributed by atoms with Crippen molar-refractivity contribution in [1.29, 1.82) is 5.26 Å². The van der Waals surface area contributed by atoms with Crippen LogP contribution in [0.25, 0.3) is 0 Å². The molecule has 0 atom stereocenters. The van der Waals surface area contributed by atoms with Crippen LogP contribution >= 0.6 is 0 Å². The van der Waals surface area contributed by atoms with Gasteiger partial charge in [0.15, 0.2) is 0 Å². The van der Waals surface area contributed by atoms with Crippen LogP contribution in [0.3, 0.4) is 0 Å². The van der Waals surface area contributed by atoms with E-state index in [0.29, 0.717) is 11.3 Å². The summed E-state index contributed by atoms with van der Waals surface area (Å²) in [4.78, 5) is 12.3. The molecule has 0 saturated heterocycles. The van der Waals surface area contributed by atoms with Crippen molar-refractivity contribution in [2.75, 3.05) is 12.4 Å². The average molecular weight is 320 g/mol. The molecule has 0 radical (unpaired) electrons. The molecule has 0 unspecified atom stereocenters. The number of hydrogen-bond donors (Lipinski definition) is 1. The smallest absolute Gasteiger partial charge is 0.255 e. The lowest BCUT2D eigenvalue weighted by Crippen LogP contribution is -2.19. The number of rotatable bonds is 4. The molecule has 1 aliphatic rings. The first-order chi connectivity index (χ1) is 11.7. The van der Waals surface area contributed by atoms with E-state index in [9.17, 15) is 10.1 Å². The Hall–Kier alpha value is -2.80. The van der Waals surface area contributed by atoms with Gasteiger partial charge in [0.2, 0.25) is 0 Å². The fourth-order valence-electron chi connectivity index (χ4n) is 3.28.